The third-order valence-corrected chi connectivity index (χ3v) is 2.70. The Bertz CT molecular complexity index is 251. The average Bonchev–Trinajstić information content (AvgIpc) is 2.01. The van der Waals surface area contributed by atoms with E-state index in [0.29, 0.717) is 13.2 Å². The fourth-order valence-corrected chi connectivity index (χ4v) is 1.94. The van der Waals surface area contributed by atoms with Crippen molar-refractivity contribution in [2.75, 3.05) is 19.0 Å². The highest BCUT2D eigenvalue weighted by molar-refractivity contribution is 7.89. The van der Waals surface area contributed by atoms with E-state index in [1.165, 1.54) is 0 Å². The molecule has 0 spiro atoms. The van der Waals surface area contributed by atoms with Crippen LogP contribution in [0.4, 0.5) is 0 Å². The van der Waals surface area contributed by atoms with E-state index >= 15 is 0 Å². The standard InChI is InChI=1S/C7H15NO4S/c1-2-6-3-11-4-7(12-6)5-13(8,9)10/h6-7H,2-5H2,1H3,(H2,8,9,10). The molecule has 13 heavy (non-hydrogen) atoms. The molecule has 0 aromatic heterocycles. The second kappa shape index (κ2) is 4.36. The Kier molecular flexibility index (Phi) is 3.66. The van der Waals surface area contributed by atoms with E-state index in [9.17, 15) is 8.42 Å². The van der Waals surface area contributed by atoms with Gasteiger partial charge in [-0.25, -0.2) is 13.6 Å². The highest BCUT2D eigenvalue weighted by Crippen LogP contribution is 2.11. The molecule has 0 amide bonds. The minimum atomic E-state index is -3.46. The van der Waals surface area contributed by atoms with E-state index in [0.717, 1.165) is 6.42 Å². The minimum absolute atomic E-state index is 0.000463. The largest absolute Gasteiger partial charge is 0.376 e. The van der Waals surface area contributed by atoms with Crippen molar-refractivity contribution < 1.29 is 17.9 Å². The number of primary sulfonamides is 1. The van der Waals surface area contributed by atoms with E-state index in [1.807, 2.05) is 6.92 Å². The van der Waals surface area contributed by atoms with Gasteiger partial charge in [0.25, 0.3) is 0 Å². The molecule has 0 bridgehead atoms. The predicted octanol–water partition coefficient (Wildman–Crippen LogP) is -0.531. The molecule has 78 valence electrons. The van der Waals surface area contributed by atoms with Gasteiger partial charge in [-0.05, 0) is 6.42 Å². The summed E-state index contributed by atoms with van der Waals surface area (Å²) in [7, 11) is -3.46. The Labute approximate surface area is 78.3 Å². The van der Waals surface area contributed by atoms with E-state index in [2.05, 4.69) is 0 Å². The topological polar surface area (TPSA) is 78.6 Å². The van der Waals surface area contributed by atoms with Gasteiger partial charge in [0.2, 0.25) is 10.0 Å². The van der Waals surface area contributed by atoms with Crippen LogP contribution in [0.25, 0.3) is 0 Å². The highest BCUT2D eigenvalue weighted by atomic mass is 32.2. The first-order valence-electron chi connectivity index (χ1n) is 4.25. The summed E-state index contributed by atoms with van der Waals surface area (Å²) in [4.78, 5) is 0. The SMILES string of the molecule is CCC1COCC(CS(N)(=O)=O)O1. The Morgan fingerprint density at radius 2 is 2.00 bits per heavy atom. The molecule has 2 N–H and O–H groups in total. The summed E-state index contributed by atoms with van der Waals surface area (Å²) in [6.45, 7) is 2.82. The molecule has 0 aromatic rings. The molecule has 5 nitrogen and oxygen atoms in total. The molecular formula is C7H15NO4S. The summed E-state index contributed by atoms with van der Waals surface area (Å²) in [6, 6.07) is 0. The van der Waals surface area contributed by atoms with Gasteiger partial charge in [-0.3, -0.25) is 0 Å². The zero-order chi connectivity index (χ0) is 9.90. The summed E-state index contributed by atoms with van der Waals surface area (Å²) in [5, 5.41) is 4.89. The lowest BCUT2D eigenvalue weighted by Crippen LogP contribution is -2.41. The fraction of sp³-hybridized carbons (Fsp3) is 1.00. The van der Waals surface area contributed by atoms with E-state index in [4.69, 9.17) is 14.6 Å². The first kappa shape index (κ1) is 10.9. The van der Waals surface area contributed by atoms with Crippen LogP contribution in [0.3, 0.4) is 0 Å². The number of nitrogens with two attached hydrogens (primary N) is 1. The molecule has 1 saturated heterocycles. The summed E-state index contributed by atoms with van der Waals surface area (Å²) in [5.41, 5.74) is 0. The van der Waals surface area contributed by atoms with Crippen molar-refractivity contribution in [2.45, 2.75) is 25.6 Å². The second-order valence-corrected chi connectivity index (χ2v) is 4.81. The molecule has 1 heterocycles. The van der Waals surface area contributed by atoms with Crippen LogP contribution in [0.2, 0.25) is 0 Å². The van der Waals surface area contributed by atoms with Gasteiger partial charge in [0.05, 0.1) is 31.2 Å². The quantitative estimate of drug-likeness (QED) is 0.677. The van der Waals surface area contributed by atoms with Crippen molar-refractivity contribution in [3.63, 3.8) is 0 Å². The molecule has 2 unspecified atom stereocenters. The summed E-state index contributed by atoms with van der Waals surface area (Å²) in [6.07, 6.45) is 0.412. The third-order valence-electron chi connectivity index (χ3n) is 1.87. The molecule has 1 rings (SSSR count). The number of sulfonamides is 1. The van der Waals surface area contributed by atoms with Crippen molar-refractivity contribution >= 4 is 10.0 Å². The molecule has 1 fully saturated rings. The van der Waals surface area contributed by atoms with Crippen LogP contribution in [0.1, 0.15) is 13.3 Å². The number of ether oxygens (including phenoxy) is 2. The van der Waals surface area contributed by atoms with Gasteiger partial charge in [-0.1, -0.05) is 6.92 Å². The van der Waals surface area contributed by atoms with Gasteiger partial charge >= 0.3 is 0 Å². The fourth-order valence-electron chi connectivity index (χ4n) is 1.24. The van der Waals surface area contributed by atoms with Gasteiger partial charge in [0.1, 0.15) is 0 Å². The molecule has 1 aliphatic rings. The Morgan fingerprint density at radius 3 is 2.54 bits per heavy atom. The van der Waals surface area contributed by atoms with Gasteiger partial charge in [0.15, 0.2) is 0 Å². The van der Waals surface area contributed by atoms with Crippen molar-refractivity contribution in [1.29, 1.82) is 0 Å². The van der Waals surface area contributed by atoms with Crippen LogP contribution in [0, 0.1) is 0 Å². The zero-order valence-corrected chi connectivity index (χ0v) is 8.42. The Hall–Kier alpha value is -0.170. The zero-order valence-electron chi connectivity index (χ0n) is 7.60. The summed E-state index contributed by atoms with van der Waals surface area (Å²) >= 11 is 0. The lowest BCUT2D eigenvalue weighted by atomic mass is 10.2. The average molecular weight is 209 g/mol. The lowest BCUT2D eigenvalue weighted by molar-refractivity contribution is -0.129. The summed E-state index contributed by atoms with van der Waals surface area (Å²) in [5.74, 6) is -0.163. The van der Waals surface area contributed by atoms with E-state index in [-0.39, 0.29) is 11.9 Å². The molecule has 6 heteroatoms. The van der Waals surface area contributed by atoms with Crippen LogP contribution in [0.5, 0.6) is 0 Å². The second-order valence-electron chi connectivity index (χ2n) is 3.16. The molecular weight excluding hydrogens is 194 g/mol. The van der Waals surface area contributed by atoms with E-state index in [1.54, 1.807) is 0 Å². The van der Waals surface area contributed by atoms with Crippen molar-refractivity contribution in [3.05, 3.63) is 0 Å². The molecule has 0 radical (unpaired) electrons. The van der Waals surface area contributed by atoms with Crippen LogP contribution in [-0.2, 0) is 19.5 Å². The number of hydrogen-bond acceptors (Lipinski definition) is 4. The van der Waals surface area contributed by atoms with Crippen molar-refractivity contribution in [3.8, 4) is 0 Å². The maximum Gasteiger partial charge on any atom is 0.211 e. The van der Waals surface area contributed by atoms with Gasteiger partial charge in [-0.2, -0.15) is 0 Å². The molecule has 1 aliphatic heterocycles. The van der Waals surface area contributed by atoms with Crippen molar-refractivity contribution in [2.24, 2.45) is 5.14 Å². The third kappa shape index (κ3) is 4.04. The van der Waals surface area contributed by atoms with Gasteiger partial charge in [0, 0.05) is 0 Å². The molecule has 0 aliphatic carbocycles. The monoisotopic (exact) mass is 209 g/mol. The smallest absolute Gasteiger partial charge is 0.211 e. The highest BCUT2D eigenvalue weighted by Gasteiger charge is 2.24. The van der Waals surface area contributed by atoms with Gasteiger partial charge in [-0.15, -0.1) is 0 Å². The normalized spacial score (nSPS) is 30.3. The predicted molar refractivity (Wildman–Crippen MR) is 47.7 cm³/mol. The number of rotatable bonds is 3. The van der Waals surface area contributed by atoms with Crippen LogP contribution in [-0.4, -0.2) is 39.6 Å². The van der Waals surface area contributed by atoms with E-state index < -0.39 is 16.1 Å². The van der Waals surface area contributed by atoms with Crippen molar-refractivity contribution in [1.82, 2.24) is 0 Å². The van der Waals surface area contributed by atoms with Crippen LogP contribution >= 0.6 is 0 Å². The maximum atomic E-state index is 10.7. The number of hydrogen-bond donors (Lipinski definition) is 1. The first-order chi connectivity index (χ1) is 6.01. The first-order valence-corrected chi connectivity index (χ1v) is 5.96. The van der Waals surface area contributed by atoms with Crippen LogP contribution in [0.15, 0.2) is 0 Å². The van der Waals surface area contributed by atoms with Gasteiger partial charge < -0.3 is 9.47 Å². The van der Waals surface area contributed by atoms with Crippen LogP contribution < -0.4 is 5.14 Å². The Morgan fingerprint density at radius 1 is 1.38 bits per heavy atom. The molecule has 0 saturated carbocycles. The lowest BCUT2D eigenvalue weighted by Gasteiger charge is -2.28. The minimum Gasteiger partial charge on any atom is -0.376 e. The Balaban J connectivity index is 2.43. The molecule has 2 atom stereocenters. The summed E-state index contributed by atoms with van der Waals surface area (Å²) < 4.78 is 32.1. The maximum absolute atomic E-state index is 10.7. The molecule has 0 aromatic carbocycles.